The average Bonchev–Trinajstić information content (AvgIpc) is 2.37. The van der Waals surface area contributed by atoms with Gasteiger partial charge in [-0.15, -0.1) is 0 Å². The van der Waals surface area contributed by atoms with Crippen LogP contribution in [0.15, 0.2) is 0 Å². The number of carboxylic acids is 1. The largest absolute Gasteiger partial charge is 0.481 e. The van der Waals surface area contributed by atoms with Crippen LogP contribution in [-0.4, -0.2) is 40.6 Å². The second-order valence-corrected chi connectivity index (χ2v) is 5.51. The lowest BCUT2D eigenvalue weighted by molar-refractivity contribution is -0.137. The molecule has 1 heterocycles. The fraction of sp³-hybridized carbons (Fsp3) is 0.857. The van der Waals surface area contributed by atoms with Crippen molar-refractivity contribution in [2.24, 2.45) is 5.92 Å². The molecule has 2 N–H and O–H groups in total. The molecule has 0 spiro atoms. The number of aliphatic carboxylic acids is 1. The highest BCUT2D eigenvalue weighted by molar-refractivity contribution is 5.76. The lowest BCUT2D eigenvalue weighted by Gasteiger charge is -2.38. The summed E-state index contributed by atoms with van der Waals surface area (Å²) < 4.78 is 0. The average molecular weight is 270 g/mol. The van der Waals surface area contributed by atoms with Crippen molar-refractivity contribution >= 4 is 12.0 Å². The van der Waals surface area contributed by atoms with E-state index in [0.717, 1.165) is 19.4 Å². The van der Waals surface area contributed by atoms with Crippen molar-refractivity contribution in [1.82, 2.24) is 10.2 Å². The van der Waals surface area contributed by atoms with Crippen LogP contribution in [0.1, 0.15) is 52.9 Å². The Morgan fingerprint density at radius 3 is 2.58 bits per heavy atom. The molecule has 19 heavy (non-hydrogen) atoms. The third kappa shape index (κ3) is 4.73. The van der Waals surface area contributed by atoms with Gasteiger partial charge >= 0.3 is 12.0 Å². The van der Waals surface area contributed by atoms with Crippen molar-refractivity contribution in [3.05, 3.63) is 0 Å². The van der Waals surface area contributed by atoms with Crippen LogP contribution >= 0.6 is 0 Å². The second kappa shape index (κ2) is 7.36. The molecule has 0 aromatic rings. The van der Waals surface area contributed by atoms with Crippen LogP contribution in [0.2, 0.25) is 0 Å². The number of nitrogens with one attached hydrogen (secondary N) is 1. The van der Waals surface area contributed by atoms with Gasteiger partial charge in [0.15, 0.2) is 0 Å². The molecule has 0 radical (unpaired) electrons. The highest BCUT2D eigenvalue weighted by Gasteiger charge is 2.29. The second-order valence-electron chi connectivity index (χ2n) is 5.51. The Morgan fingerprint density at radius 1 is 1.37 bits per heavy atom. The minimum absolute atomic E-state index is 0.0122. The van der Waals surface area contributed by atoms with Crippen molar-refractivity contribution in [1.29, 1.82) is 0 Å². The van der Waals surface area contributed by atoms with E-state index in [1.165, 1.54) is 6.42 Å². The molecule has 0 bridgehead atoms. The first kappa shape index (κ1) is 15.8. The molecular formula is C14H26N2O3. The molecule has 0 saturated carbocycles. The number of carbonyl (C=O) groups is 2. The van der Waals surface area contributed by atoms with Crippen LogP contribution in [0.4, 0.5) is 4.79 Å². The van der Waals surface area contributed by atoms with Crippen LogP contribution in [0, 0.1) is 5.92 Å². The molecule has 1 fully saturated rings. The number of carbonyl (C=O) groups excluding carboxylic acids is 1. The van der Waals surface area contributed by atoms with Crippen LogP contribution in [0.25, 0.3) is 0 Å². The topological polar surface area (TPSA) is 69.6 Å². The number of nitrogens with zero attached hydrogens (tertiary/aromatic N) is 1. The number of piperidine rings is 1. The molecule has 5 nitrogen and oxygen atoms in total. The number of likely N-dealkylation sites (tertiary alicyclic amines) is 1. The van der Waals surface area contributed by atoms with Crippen LogP contribution in [0.5, 0.6) is 0 Å². The molecule has 0 aromatic heterocycles. The van der Waals surface area contributed by atoms with Gasteiger partial charge in [-0.05, 0) is 32.1 Å². The van der Waals surface area contributed by atoms with E-state index in [0.29, 0.717) is 12.3 Å². The summed E-state index contributed by atoms with van der Waals surface area (Å²) in [4.78, 5) is 24.8. The van der Waals surface area contributed by atoms with Gasteiger partial charge in [-0.3, -0.25) is 4.79 Å². The van der Waals surface area contributed by atoms with Crippen LogP contribution in [0.3, 0.4) is 0 Å². The first-order valence-corrected chi connectivity index (χ1v) is 7.26. The fourth-order valence-corrected chi connectivity index (χ4v) is 2.56. The van der Waals surface area contributed by atoms with Crippen LogP contribution in [-0.2, 0) is 4.79 Å². The molecule has 110 valence electrons. The lowest BCUT2D eigenvalue weighted by Crippen LogP contribution is -2.52. The van der Waals surface area contributed by atoms with E-state index in [9.17, 15) is 9.59 Å². The first-order valence-electron chi connectivity index (χ1n) is 7.26. The third-order valence-corrected chi connectivity index (χ3v) is 4.06. The molecule has 3 atom stereocenters. The van der Waals surface area contributed by atoms with Gasteiger partial charge in [0.25, 0.3) is 0 Å². The zero-order chi connectivity index (χ0) is 14.4. The van der Waals surface area contributed by atoms with E-state index < -0.39 is 5.97 Å². The van der Waals surface area contributed by atoms with E-state index >= 15 is 0 Å². The number of carboxylic acid groups (broad SMARTS) is 1. The zero-order valence-electron chi connectivity index (χ0n) is 12.2. The maximum absolute atomic E-state index is 12.2. The van der Waals surface area contributed by atoms with Crippen molar-refractivity contribution in [3.8, 4) is 0 Å². The molecule has 0 aliphatic carbocycles. The van der Waals surface area contributed by atoms with Gasteiger partial charge in [0.1, 0.15) is 0 Å². The Hall–Kier alpha value is -1.26. The fourth-order valence-electron chi connectivity index (χ4n) is 2.56. The van der Waals surface area contributed by atoms with Crippen molar-refractivity contribution < 1.29 is 14.7 Å². The predicted molar refractivity (Wildman–Crippen MR) is 74.0 cm³/mol. The normalized spacial score (nSPS) is 24.9. The highest BCUT2D eigenvalue weighted by atomic mass is 16.4. The van der Waals surface area contributed by atoms with Crippen molar-refractivity contribution in [2.75, 3.05) is 6.54 Å². The monoisotopic (exact) mass is 270 g/mol. The molecule has 0 aromatic carbocycles. The molecule has 5 heteroatoms. The molecule has 1 saturated heterocycles. The Bertz CT molecular complexity index is 320. The Kier molecular flexibility index (Phi) is 6.12. The highest BCUT2D eigenvalue weighted by Crippen LogP contribution is 2.24. The van der Waals surface area contributed by atoms with Gasteiger partial charge in [0.2, 0.25) is 0 Å². The van der Waals surface area contributed by atoms with Gasteiger partial charge < -0.3 is 15.3 Å². The SMILES string of the molecule is CCC1CCC(C)N(C(=O)NC(CC)CC(=O)O)C1. The minimum Gasteiger partial charge on any atom is -0.481 e. The number of hydrogen-bond acceptors (Lipinski definition) is 2. The van der Waals surface area contributed by atoms with Gasteiger partial charge in [-0.1, -0.05) is 20.3 Å². The summed E-state index contributed by atoms with van der Waals surface area (Å²) >= 11 is 0. The minimum atomic E-state index is -0.870. The van der Waals surface area contributed by atoms with Crippen LogP contribution < -0.4 is 5.32 Å². The lowest BCUT2D eigenvalue weighted by atomic mass is 9.92. The number of amides is 2. The maximum atomic E-state index is 12.2. The molecule has 2 amide bonds. The van der Waals surface area contributed by atoms with E-state index in [-0.39, 0.29) is 24.5 Å². The molecule has 1 rings (SSSR count). The molecule has 3 unspecified atom stereocenters. The quantitative estimate of drug-likeness (QED) is 0.806. The maximum Gasteiger partial charge on any atom is 0.317 e. The summed E-state index contributed by atoms with van der Waals surface area (Å²) in [7, 11) is 0. The van der Waals surface area contributed by atoms with Gasteiger partial charge in [-0.25, -0.2) is 4.79 Å². The summed E-state index contributed by atoms with van der Waals surface area (Å²) in [6, 6.07) is -0.150. The van der Waals surface area contributed by atoms with Crippen molar-refractivity contribution in [2.45, 2.75) is 65.0 Å². The van der Waals surface area contributed by atoms with E-state index in [1.54, 1.807) is 0 Å². The number of hydrogen-bond donors (Lipinski definition) is 2. The van der Waals surface area contributed by atoms with Gasteiger partial charge in [-0.2, -0.15) is 0 Å². The zero-order valence-corrected chi connectivity index (χ0v) is 12.2. The molecule has 1 aliphatic rings. The number of urea groups is 1. The summed E-state index contributed by atoms with van der Waals surface area (Å²) in [6.45, 7) is 6.88. The van der Waals surface area contributed by atoms with Gasteiger partial charge in [0.05, 0.1) is 6.42 Å². The standard InChI is InChI=1S/C14H26N2O3/c1-4-11-7-6-10(3)16(9-11)14(19)15-12(5-2)8-13(17)18/h10-12H,4-9H2,1-3H3,(H,15,19)(H,17,18). The van der Waals surface area contributed by atoms with E-state index in [2.05, 4.69) is 19.2 Å². The van der Waals surface area contributed by atoms with Gasteiger partial charge in [0, 0.05) is 18.6 Å². The Morgan fingerprint density at radius 2 is 2.05 bits per heavy atom. The number of rotatable bonds is 5. The predicted octanol–water partition coefficient (Wildman–Crippen LogP) is 2.46. The summed E-state index contributed by atoms with van der Waals surface area (Å²) in [5.74, 6) is -0.299. The molecule has 1 aliphatic heterocycles. The summed E-state index contributed by atoms with van der Waals surface area (Å²) in [5.41, 5.74) is 0. The molecular weight excluding hydrogens is 244 g/mol. The van der Waals surface area contributed by atoms with E-state index in [1.807, 2.05) is 11.8 Å². The first-order chi connectivity index (χ1) is 8.97. The third-order valence-electron chi connectivity index (χ3n) is 4.06. The Labute approximate surface area is 115 Å². The summed E-state index contributed by atoms with van der Waals surface area (Å²) in [5, 5.41) is 11.7. The van der Waals surface area contributed by atoms with Crippen molar-refractivity contribution in [3.63, 3.8) is 0 Å². The smallest absolute Gasteiger partial charge is 0.317 e. The Balaban J connectivity index is 2.56. The van der Waals surface area contributed by atoms with E-state index in [4.69, 9.17) is 5.11 Å². The summed E-state index contributed by atoms with van der Waals surface area (Å²) in [6.07, 6.45) is 3.91.